The third kappa shape index (κ3) is 11.1. The molecule has 1 unspecified atom stereocenters. The topological polar surface area (TPSA) is 48.0 Å². The Morgan fingerprint density at radius 1 is 1.30 bits per heavy atom. The molecule has 1 aliphatic heterocycles. The SMILES string of the molecule is C/C=C\C=C(/CC)C1CN(Cc2ccc(OC(F)(F)F)cc2)C(=O)O1.COC.SI. The summed E-state index contributed by atoms with van der Waals surface area (Å²) in [7, 11) is 6.75. The summed E-state index contributed by atoms with van der Waals surface area (Å²) < 4.78 is 50.0. The van der Waals surface area contributed by atoms with E-state index < -0.39 is 12.5 Å². The third-order valence-electron chi connectivity index (χ3n) is 3.74. The molecule has 0 radical (unpaired) electrons. The van der Waals surface area contributed by atoms with Gasteiger partial charge in [0.15, 0.2) is 0 Å². The Balaban J connectivity index is 0.00000154. The normalized spacial score (nSPS) is 16.4. The fourth-order valence-electron chi connectivity index (χ4n) is 2.52. The Morgan fingerprint density at radius 2 is 1.87 bits per heavy atom. The molecule has 10 heteroatoms. The van der Waals surface area contributed by atoms with E-state index in [2.05, 4.69) is 19.3 Å². The maximum Gasteiger partial charge on any atom is 0.573 e. The van der Waals surface area contributed by atoms with Gasteiger partial charge in [-0.1, -0.05) is 37.3 Å². The zero-order chi connectivity index (χ0) is 23.2. The molecule has 1 aliphatic rings. The largest absolute Gasteiger partial charge is 0.573 e. The highest BCUT2D eigenvalue weighted by molar-refractivity contribution is 14.2. The van der Waals surface area contributed by atoms with Gasteiger partial charge in [-0.15, -0.1) is 23.0 Å². The van der Waals surface area contributed by atoms with Gasteiger partial charge in [-0.25, -0.2) is 4.79 Å². The van der Waals surface area contributed by atoms with Crippen LogP contribution in [0.4, 0.5) is 18.0 Å². The predicted molar refractivity (Wildman–Crippen MR) is 123 cm³/mol. The van der Waals surface area contributed by atoms with Gasteiger partial charge < -0.3 is 14.2 Å². The molecule has 0 N–H and O–H groups in total. The molecule has 1 saturated heterocycles. The number of allylic oxidation sites excluding steroid dienone is 3. The van der Waals surface area contributed by atoms with Gasteiger partial charge in [0.1, 0.15) is 11.9 Å². The number of halogens is 4. The number of alkyl halides is 3. The monoisotopic (exact) mass is 561 g/mol. The predicted octanol–water partition coefficient (Wildman–Crippen LogP) is 6.35. The van der Waals surface area contributed by atoms with Crippen molar-refractivity contribution >= 4 is 37.1 Å². The molecule has 2 rings (SSSR count). The number of cyclic esters (lactones) is 1. The number of methoxy groups -OCH3 is 1. The quantitative estimate of drug-likeness (QED) is 0.250. The van der Waals surface area contributed by atoms with Gasteiger partial charge in [0.2, 0.25) is 0 Å². The van der Waals surface area contributed by atoms with Crippen LogP contribution < -0.4 is 4.74 Å². The molecule has 0 bridgehead atoms. The van der Waals surface area contributed by atoms with Crippen LogP contribution in [-0.4, -0.2) is 44.2 Å². The second-order valence-electron chi connectivity index (χ2n) is 5.97. The zero-order valence-electron chi connectivity index (χ0n) is 17.3. The average Bonchev–Trinajstić information content (AvgIpc) is 3.05. The van der Waals surface area contributed by atoms with Crippen LogP contribution in [0.3, 0.4) is 0 Å². The summed E-state index contributed by atoms with van der Waals surface area (Å²) in [6.07, 6.45) is 1.04. The lowest BCUT2D eigenvalue weighted by molar-refractivity contribution is -0.274. The summed E-state index contributed by atoms with van der Waals surface area (Å²) in [5.41, 5.74) is 1.71. The van der Waals surface area contributed by atoms with E-state index in [9.17, 15) is 18.0 Å². The van der Waals surface area contributed by atoms with Crippen molar-refractivity contribution in [3.63, 3.8) is 0 Å². The Hall–Kier alpha value is -1.40. The minimum atomic E-state index is -4.72. The number of carbonyl (C=O) groups excluding carboxylic acids is 1. The fourth-order valence-corrected chi connectivity index (χ4v) is 2.52. The molecular weight excluding hydrogens is 534 g/mol. The molecule has 1 amide bonds. The van der Waals surface area contributed by atoms with Crippen molar-refractivity contribution in [2.24, 2.45) is 0 Å². The zero-order valence-corrected chi connectivity index (χ0v) is 20.3. The van der Waals surface area contributed by atoms with Crippen molar-refractivity contribution in [1.82, 2.24) is 4.90 Å². The molecule has 1 aromatic carbocycles. The summed E-state index contributed by atoms with van der Waals surface area (Å²) in [4.78, 5) is 13.6. The van der Waals surface area contributed by atoms with Gasteiger partial charge in [0.05, 0.1) is 6.54 Å². The van der Waals surface area contributed by atoms with E-state index in [1.165, 1.54) is 29.2 Å². The number of amides is 1. The number of rotatable bonds is 6. The maximum atomic E-state index is 12.2. The Morgan fingerprint density at radius 3 is 2.33 bits per heavy atom. The Bertz CT molecular complexity index is 682. The highest BCUT2D eigenvalue weighted by atomic mass is 127. The summed E-state index contributed by atoms with van der Waals surface area (Å²) in [5.74, 6) is -0.291. The van der Waals surface area contributed by atoms with E-state index in [0.717, 1.165) is 12.0 Å². The fraction of sp³-hybridized carbons (Fsp3) is 0.450. The van der Waals surface area contributed by atoms with Gasteiger partial charge in [0.25, 0.3) is 0 Å². The standard InChI is InChI=1S/C18H20F3NO3.C2H6O.HIS/c1-3-5-6-14(4-2)16-12-22(17(23)24-16)11-13-7-9-15(10-8-13)25-18(19,20)21;1-3-2;1-2/h3,5-10,16H,4,11-12H2,1-2H3;1-2H3;2H/b5-3-,14-6+;;. The van der Waals surface area contributed by atoms with Crippen LogP contribution in [0.25, 0.3) is 0 Å². The highest BCUT2D eigenvalue weighted by Crippen LogP contribution is 2.25. The second-order valence-corrected chi connectivity index (χ2v) is 5.97. The van der Waals surface area contributed by atoms with Crippen LogP contribution in [0.15, 0.2) is 48.1 Å². The first-order valence-corrected chi connectivity index (χ1v) is 12.2. The molecule has 1 atom stereocenters. The average molecular weight is 561 g/mol. The van der Waals surface area contributed by atoms with Crippen molar-refractivity contribution in [2.75, 3.05) is 20.8 Å². The van der Waals surface area contributed by atoms with Crippen molar-refractivity contribution < 1.29 is 32.2 Å². The van der Waals surface area contributed by atoms with E-state index in [1.54, 1.807) is 14.2 Å². The van der Waals surface area contributed by atoms with Gasteiger partial charge in [-0.3, -0.25) is 4.90 Å². The molecule has 1 heterocycles. The molecule has 0 aromatic heterocycles. The molecule has 30 heavy (non-hydrogen) atoms. The minimum Gasteiger partial charge on any atom is -0.440 e. The van der Waals surface area contributed by atoms with Crippen LogP contribution in [0.1, 0.15) is 25.8 Å². The van der Waals surface area contributed by atoms with E-state index in [4.69, 9.17) is 4.74 Å². The first-order valence-electron chi connectivity index (χ1n) is 8.93. The number of benzene rings is 1. The van der Waals surface area contributed by atoms with E-state index in [-0.39, 0.29) is 18.4 Å². The maximum absolute atomic E-state index is 12.2. The minimum absolute atomic E-state index is 0.266. The van der Waals surface area contributed by atoms with Crippen LogP contribution in [-0.2, 0) is 16.0 Å². The van der Waals surface area contributed by atoms with Crippen LogP contribution in [0.2, 0.25) is 0 Å². The molecule has 0 spiro atoms. The van der Waals surface area contributed by atoms with E-state index in [0.29, 0.717) is 12.1 Å². The van der Waals surface area contributed by atoms with Crippen LogP contribution >= 0.6 is 31.0 Å². The molecule has 170 valence electrons. The number of hydrogen-bond donors (Lipinski definition) is 1. The lowest BCUT2D eigenvalue weighted by Gasteiger charge is -2.14. The number of nitrogens with zero attached hydrogens (tertiary/aromatic N) is 1. The molecule has 0 aliphatic carbocycles. The highest BCUT2D eigenvalue weighted by Gasteiger charge is 2.33. The van der Waals surface area contributed by atoms with Crippen molar-refractivity contribution in [2.45, 2.75) is 39.3 Å². The summed E-state index contributed by atoms with van der Waals surface area (Å²) >= 11 is 1.84. The van der Waals surface area contributed by atoms with Gasteiger partial charge in [-0.05, 0) is 57.8 Å². The van der Waals surface area contributed by atoms with E-state index >= 15 is 0 Å². The molecule has 1 aromatic rings. The molecular formula is C20H27F3INO4S. The van der Waals surface area contributed by atoms with Crippen LogP contribution in [0, 0.1) is 0 Å². The van der Waals surface area contributed by atoms with E-state index in [1.807, 2.05) is 53.3 Å². The van der Waals surface area contributed by atoms with Crippen molar-refractivity contribution in [1.29, 1.82) is 0 Å². The van der Waals surface area contributed by atoms with Gasteiger partial charge in [-0.2, -0.15) is 0 Å². The summed E-state index contributed by atoms with van der Waals surface area (Å²) in [6, 6.07) is 5.45. The number of carbonyl (C=O) groups is 1. The smallest absolute Gasteiger partial charge is 0.440 e. The first kappa shape index (κ1) is 28.6. The summed E-state index contributed by atoms with van der Waals surface area (Å²) in [6.45, 7) is 4.58. The second kappa shape index (κ2) is 15.4. The lowest BCUT2D eigenvalue weighted by atomic mass is 10.1. The Kier molecular flexibility index (Phi) is 14.7. The molecule has 0 saturated carbocycles. The van der Waals surface area contributed by atoms with Crippen molar-refractivity contribution in [3.05, 3.63) is 53.6 Å². The number of ether oxygens (including phenoxy) is 3. The number of thiol groups is 1. The Labute approximate surface area is 193 Å². The van der Waals surface area contributed by atoms with Gasteiger partial charge in [0, 0.05) is 20.8 Å². The first-order chi connectivity index (χ1) is 14.2. The third-order valence-corrected chi connectivity index (χ3v) is 3.74. The van der Waals surface area contributed by atoms with Gasteiger partial charge >= 0.3 is 12.5 Å². The van der Waals surface area contributed by atoms with Crippen molar-refractivity contribution in [3.8, 4) is 5.75 Å². The van der Waals surface area contributed by atoms with Crippen LogP contribution in [0.5, 0.6) is 5.75 Å². The number of hydrogen-bond acceptors (Lipinski definition) is 5. The lowest BCUT2D eigenvalue weighted by Crippen LogP contribution is -2.25. The molecule has 1 fully saturated rings. The summed E-state index contributed by atoms with van der Waals surface area (Å²) in [5, 5.41) is 0. The molecule has 5 nitrogen and oxygen atoms in total.